The maximum absolute atomic E-state index is 13.7. The number of benzene rings is 2. The van der Waals surface area contributed by atoms with Crippen molar-refractivity contribution in [2.75, 3.05) is 38.8 Å². The summed E-state index contributed by atoms with van der Waals surface area (Å²) in [6.45, 7) is 0.714. The van der Waals surface area contributed by atoms with Crippen LogP contribution in [0.1, 0.15) is 32.1 Å². The summed E-state index contributed by atoms with van der Waals surface area (Å²) in [4.78, 5) is 27.1. The van der Waals surface area contributed by atoms with Gasteiger partial charge in [0.15, 0.2) is 0 Å². The first-order valence-electron chi connectivity index (χ1n) is 12.9. The molecule has 10 nitrogen and oxygen atoms in total. The predicted octanol–water partition coefficient (Wildman–Crippen LogP) is 1.09. The van der Waals surface area contributed by atoms with E-state index in [1.165, 1.54) is 49.2 Å². The van der Waals surface area contributed by atoms with Gasteiger partial charge in [0.1, 0.15) is 0 Å². The van der Waals surface area contributed by atoms with Crippen LogP contribution in [-0.4, -0.2) is 78.6 Å². The molecular formula is C26H34F3IN4O6S2. The maximum atomic E-state index is 13.7. The molecule has 1 aliphatic carbocycles. The van der Waals surface area contributed by atoms with Crippen molar-refractivity contribution in [1.82, 2.24) is 9.62 Å². The van der Waals surface area contributed by atoms with Gasteiger partial charge in [0, 0.05) is 0 Å². The number of rotatable bonds is 14. The van der Waals surface area contributed by atoms with Gasteiger partial charge in [-0.2, -0.15) is 0 Å². The number of amides is 1. The number of ether oxygens (including phenoxy) is 1. The molecule has 234 valence electrons. The fourth-order valence-electron chi connectivity index (χ4n) is 4.30. The Hall–Kier alpha value is -2.15. The zero-order valence-corrected chi connectivity index (χ0v) is 27.1. The first kappa shape index (κ1) is 34.3. The van der Waals surface area contributed by atoms with E-state index in [0.717, 1.165) is 4.90 Å². The molecule has 42 heavy (non-hydrogen) atoms. The van der Waals surface area contributed by atoms with Crippen LogP contribution in [0.3, 0.4) is 0 Å². The Kier molecular flexibility index (Phi) is 11.9. The summed E-state index contributed by atoms with van der Waals surface area (Å²) in [5, 5.41) is 12.8. The normalized spacial score (nSPS) is 17.1. The summed E-state index contributed by atoms with van der Waals surface area (Å²) < 4.78 is 74.2. The topological polar surface area (TPSA) is 128 Å². The molecule has 0 aliphatic heterocycles. The van der Waals surface area contributed by atoms with Crippen molar-refractivity contribution >= 4 is 33.4 Å². The molecule has 16 heteroatoms. The van der Waals surface area contributed by atoms with Gasteiger partial charge in [0.05, 0.1) is 0 Å². The van der Waals surface area contributed by atoms with Crippen molar-refractivity contribution in [1.29, 1.82) is 0 Å². The van der Waals surface area contributed by atoms with E-state index in [1.807, 2.05) is 23.7 Å². The number of carbonyl (C=O) groups is 1. The Labute approximate surface area is 258 Å². The third-order valence-electron chi connectivity index (χ3n) is 6.78. The molecule has 1 amide bonds. The minimum atomic E-state index is -4.48. The van der Waals surface area contributed by atoms with E-state index in [9.17, 15) is 36.5 Å². The van der Waals surface area contributed by atoms with Crippen LogP contribution in [0.2, 0.25) is 0 Å². The van der Waals surface area contributed by atoms with Gasteiger partial charge in [-0.15, -0.1) is 0 Å². The first-order valence-corrected chi connectivity index (χ1v) is 17.4. The third-order valence-corrected chi connectivity index (χ3v) is 11.1. The van der Waals surface area contributed by atoms with Crippen molar-refractivity contribution < 1.29 is 60.9 Å². The molecule has 1 fully saturated rings. The van der Waals surface area contributed by atoms with E-state index in [2.05, 4.69) is 5.32 Å². The van der Waals surface area contributed by atoms with Crippen molar-refractivity contribution in [2.24, 2.45) is 0 Å². The van der Waals surface area contributed by atoms with Gasteiger partial charge >= 0.3 is 259 Å². The van der Waals surface area contributed by atoms with Crippen molar-refractivity contribution in [3.8, 4) is 0 Å². The molecule has 0 saturated heterocycles. The SMILES string of the molecule is COC1(C(=O)NS(=O)(=O)c2ccc(N[C@H](CCN(C)C)CSc3ccc(F)cc3)c([I-][N+](=O)O)c2)CCC(F)(F)CC1. The Bertz CT molecular complexity index is 1360. The van der Waals surface area contributed by atoms with E-state index in [1.54, 1.807) is 12.1 Å². The average molecular weight is 747 g/mol. The zero-order chi connectivity index (χ0) is 31.1. The number of hydrogen-bond acceptors (Lipinski definition) is 8. The number of anilines is 1. The van der Waals surface area contributed by atoms with E-state index in [4.69, 9.17) is 4.74 Å². The molecule has 1 saturated carbocycles. The number of sulfonamides is 1. The molecule has 3 N–H and O–H groups in total. The van der Waals surface area contributed by atoms with Gasteiger partial charge < -0.3 is 0 Å². The molecule has 0 heterocycles. The number of halogens is 4. The summed E-state index contributed by atoms with van der Waals surface area (Å²) in [6.07, 6.45) is -1.26. The van der Waals surface area contributed by atoms with Crippen molar-refractivity contribution in [3.63, 3.8) is 0 Å². The molecule has 2 aromatic rings. The number of nitrogens with one attached hydrogen (secondary N) is 2. The van der Waals surface area contributed by atoms with E-state index in [-0.39, 0.29) is 36.3 Å². The zero-order valence-electron chi connectivity index (χ0n) is 23.3. The predicted molar refractivity (Wildman–Crippen MR) is 147 cm³/mol. The fourth-order valence-corrected chi connectivity index (χ4v) is 8.07. The van der Waals surface area contributed by atoms with E-state index in [0.29, 0.717) is 24.4 Å². The Morgan fingerprint density at radius 1 is 1.17 bits per heavy atom. The Morgan fingerprint density at radius 3 is 2.38 bits per heavy atom. The number of methoxy groups -OCH3 is 1. The second-order valence-electron chi connectivity index (χ2n) is 10.1. The molecule has 2 aromatic carbocycles. The molecule has 0 bridgehead atoms. The number of alkyl halides is 2. The quantitative estimate of drug-likeness (QED) is 0.113. The van der Waals surface area contributed by atoms with Crippen LogP contribution in [0.15, 0.2) is 52.3 Å². The van der Waals surface area contributed by atoms with Gasteiger partial charge in [0.2, 0.25) is 0 Å². The van der Waals surface area contributed by atoms with Crippen LogP contribution in [0, 0.1) is 14.3 Å². The van der Waals surface area contributed by atoms with Crippen LogP contribution >= 0.6 is 11.8 Å². The Balaban J connectivity index is 1.82. The first-order chi connectivity index (χ1) is 19.6. The van der Waals surface area contributed by atoms with E-state index < -0.39 is 61.8 Å². The molecular weight excluding hydrogens is 712 g/mol. The molecule has 0 radical (unpaired) electrons. The van der Waals surface area contributed by atoms with Crippen molar-refractivity contribution in [2.45, 2.75) is 59.5 Å². The van der Waals surface area contributed by atoms with Gasteiger partial charge in [-0.1, -0.05) is 0 Å². The summed E-state index contributed by atoms with van der Waals surface area (Å²) in [7, 11) is 0.528. The number of thioether (sulfide) groups is 1. The molecule has 1 atom stereocenters. The van der Waals surface area contributed by atoms with Crippen LogP contribution < -0.4 is 31.5 Å². The van der Waals surface area contributed by atoms with Crippen LogP contribution in [0.5, 0.6) is 0 Å². The van der Waals surface area contributed by atoms with Crippen LogP contribution in [0.25, 0.3) is 0 Å². The standard InChI is InChI=1S/C26H34F3IN4O6S2/c1-33(2)15-10-19(17-41-20-6-4-18(27)5-7-20)31-23-9-8-21(16-22(23)30-34(36)37)42(38,39)32-24(35)25(40-3)11-13-26(28,29)14-12-25/h4-9,16,19,31H,10-15,17H2,1-3H3,(H,32,35)(H,36,37)/t19-/m1/s1. The monoisotopic (exact) mass is 746 g/mol. The molecule has 0 aromatic heterocycles. The third kappa shape index (κ3) is 9.68. The molecule has 3 rings (SSSR count). The number of carbonyl (C=O) groups excluding carboxylic acids is 1. The summed E-state index contributed by atoms with van der Waals surface area (Å²) in [5.74, 6) is -3.79. The van der Waals surface area contributed by atoms with Gasteiger partial charge in [-0.3, -0.25) is 0 Å². The van der Waals surface area contributed by atoms with E-state index >= 15 is 0 Å². The fraction of sp³-hybridized carbons (Fsp3) is 0.500. The molecule has 0 spiro atoms. The summed E-state index contributed by atoms with van der Waals surface area (Å²) in [6, 6.07) is 9.83. The number of hydrogen-bond donors (Lipinski definition) is 3. The number of nitrogens with zero attached hydrogens (tertiary/aromatic N) is 2. The van der Waals surface area contributed by atoms with Gasteiger partial charge in [0.25, 0.3) is 0 Å². The van der Waals surface area contributed by atoms with Crippen molar-refractivity contribution in [3.05, 3.63) is 56.8 Å². The minimum absolute atomic E-state index is 0.155. The molecule has 0 unspecified atom stereocenters. The van der Waals surface area contributed by atoms with Gasteiger partial charge in [-0.05, 0) is 0 Å². The second-order valence-corrected chi connectivity index (χ2v) is 15.4. The summed E-state index contributed by atoms with van der Waals surface area (Å²) in [5.41, 5.74) is -1.28. The molecule has 1 aliphatic rings. The Morgan fingerprint density at radius 2 is 1.81 bits per heavy atom. The van der Waals surface area contributed by atoms with Gasteiger partial charge in [-0.25, -0.2) is 0 Å². The second kappa shape index (κ2) is 14.5. The summed E-state index contributed by atoms with van der Waals surface area (Å²) >= 11 is -0.269. The van der Waals surface area contributed by atoms with Crippen LogP contribution in [-0.2, 0) is 19.6 Å². The van der Waals surface area contributed by atoms with Crippen LogP contribution in [0.4, 0.5) is 18.9 Å². The average Bonchev–Trinajstić information content (AvgIpc) is 2.91.